The topological polar surface area (TPSA) is 55.8 Å². The smallest absolute Gasteiger partial charge is 0.191 e. The van der Waals surface area contributed by atoms with Crippen LogP contribution in [0, 0.1) is 0 Å². The first-order chi connectivity index (χ1) is 13.0. The van der Waals surface area contributed by atoms with Gasteiger partial charge in [0.15, 0.2) is 11.1 Å². The maximum absolute atomic E-state index is 4.61. The number of aromatic nitrogens is 1. The predicted molar refractivity (Wildman–Crippen MR) is 114 cm³/mol. The number of benzene rings is 1. The van der Waals surface area contributed by atoms with Gasteiger partial charge in [0.1, 0.15) is 0 Å². The quantitative estimate of drug-likeness (QED) is 0.590. The lowest BCUT2D eigenvalue weighted by Crippen LogP contribution is -2.44. The summed E-state index contributed by atoms with van der Waals surface area (Å²) in [6, 6.07) is 11.6. The summed E-state index contributed by atoms with van der Waals surface area (Å²) in [7, 11) is 5.85. The molecule has 6 nitrogen and oxygen atoms in total. The first kappa shape index (κ1) is 19.6. The molecule has 0 amide bonds. The van der Waals surface area contributed by atoms with Crippen LogP contribution in [-0.2, 0) is 13.1 Å². The molecule has 1 fully saturated rings. The van der Waals surface area contributed by atoms with E-state index < -0.39 is 0 Å². The van der Waals surface area contributed by atoms with Gasteiger partial charge in [-0.05, 0) is 18.9 Å². The highest BCUT2D eigenvalue weighted by atomic mass is 32.1. The number of aliphatic imine (C=N–C) groups is 1. The van der Waals surface area contributed by atoms with Gasteiger partial charge in [-0.2, -0.15) is 0 Å². The number of anilines is 1. The van der Waals surface area contributed by atoms with Crippen molar-refractivity contribution < 1.29 is 0 Å². The summed E-state index contributed by atoms with van der Waals surface area (Å²) in [5.74, 6) is 0.841. The summed E-state index contributed by atoms with van der Waals surface area (Å²) < 4.78 is 0. The zero-order valence-corrected chi connectivity index (χ0v) is 17.5. The molecule has 0 spiro atoms. The first-order valence-corrected chi connectivity index (χ1v) is 10.3. The molecule has 2 unspecified atom stereocenters. The average Bonchev–Trinajstić information content (AvgIpc) is 3.27. The van der Waals surface area contributed by atoms with E-state index in [1.807, 2.05) is 26.0 Å². The van der Waals surface area contributed by atoms with Crippen molar-refractivity contribution in [1.82, 2.24) is 20.5 Å². The summed E-state index contributed by atoms with van der Waals surface area (Å²) in [6.45, 7) is 5.01. The van der Waals surface area contributed by atoms with Gasteiger partial charge in [0.25, 0.3) is 0 Å². The van der Waals surface area contributed by atoms with E-state index in [0.29, 0.717) is 18.6 Å². The Morgan fingerprint density at radius 1 is 1.33 bits per heavy atom. The molecule has 2 N–H and O–H groups in total. The van der Waals surface area contributed by atoms with Crippen LogP contribution in [0.1, 0.15) is 24.6 Å². The maximum atomic E-state index is 4.61. The molecule has 2 atom stereocenters. The molecule has 1 aliphatic rings. The monoisotopic (exact) mass is 386 g/mol. The van der Waals surface area contributed by atoms with Gasteiger partial charge in [0, 0.05) is 51.7 Å². The van der Waals surface area contributed by atoms with Crippen LogP contribution < -0.4 is 15.5 Å². The number of nitrogens with one attached hydrogen (secondary N) is 2. The van der Waals surface area contributed by atoms with E-state index >= 15 is 0 Å². The van der Waals surface area contributed by atoms with Gasteiger partial charge in [-0.25, -0.2) is 4.98 Å². The summed E-state index contributed by atoms with van der Waals surface area (Å²) in [4.78, 5) is 13.6. The summed E-state index contributed by atoms with van der Waals surface area (Å²) in [5, 5.41) is 10.1. The summed E-state index contributed by atoms with van der Waals surface area (Å²) >= 11 is 1.66. The molecule has 1 aromatic heterocycles. The van der Waals surface area contributed by atoms with E-state index in [4.69, 9.17) is 0 Å². The van der Waals surface area contributed by atoms with Crippen molar-refractivity contribution >= 4 is 22.4 Å². The molecule has 3 rings (SSSR count). The molecular formula is C20H30N6S. The minimum Gasteiger partial charge on any atom is -0.354 e. The standard InChI is InChI=1S/C20H30N6S/c1-15-10-17(13-26(15)12-16-8-6-5-7-9-16)23-19(21-2)22-11-18-14-27-20(24-18)25(3)4/h5-9,14-15,17H,10-13H2,1-4H3,(H2,21,22,23). The molecule has 0 bridgehead atoms. The highest BCUT2D eigenvalue weighted by molar-refractivity contribution is 7.13. The lowest BCUT2D eigenvalue weighted by molar-refractivity contribution is 0.258. The van der Waals surface area contributed by atoms with E-state index in [0.717, 1.165) is 36.3 Å². The molecule has 0 radical (unpaired) electrons. The molecule has 2 heterocycles. The summed E-state index contributed by atoms with van der Waals surface area (Å²) in [6.07, 6.45) is 1.12. The van der Waals surface area contributed by atoms with Crippen molar-refractivity contribution in [1.29, 1.82) is 0 Å². The third kappa shape index (κ3) is 5.43. The summed E-state index contributed by atoms with van der Waals surface area (Å²) in [5.41, 5.74) is 2.41. The Labute approximate surface area is 166 Å². The van der Waals surface area contributed by atoms with E-state index in [1.54, 1.807) is 11.3 Å². The Morgan fingerprint density at radius 3 is 2.78 bits per heavy atom. The Kier molecular flexibility index (Phi) is 6.68. The molecule has 146 valence electrons. The largest absolute Gasteiger partial charge is 0.354 e. The second-order valence-corrected chi connectivity index (χ2v) is 8.12. The van der Waals surface area contributed by atoms with Gasteiger partial charge >= 0.3 is 0 Å². The molecule has 1 aromatic carbocycles. The van der Waals surface area contributed by atoms with Crippen molar-refractivity contribution in [3.05, 3.63) is 47.0 Å². The molecule has 1 saturated heterocycles. The van der Waals surface area contributed by atoms with Gasteiger partial charge in [0.05, 0.1) is 12.2 Å². The average molecular weight is 387 g/mol. The van der Waals surface area contributed by atoms with Crippen molar-refractivity contribution in [2.24, 2.45) is 4.99 Å². The number of guanidine groups is 1. The Balaban J connectivity index is 1.49. The fourth-order valence-corrected chi connectivity index (χ4v) is 4.14. The van der Waals surface area contributed by atoms with Crippen LogP contribution in [0.2, 0.25) is 0 Å². The number of nitrogens with zero attached hydrogens (tertiary/aromatic N) is 4. The highest BCUT2D eigenvalue weighted by Gasteiger charge is 2.29. The third-order valence-electron chi connectivity index (χ3n) is 4.86. The lowest BCUT2D eigenvalue weighted by Gasteiger charge is -2.21. The lowest BCUT2D eigenvalue weighted by atomic mass is 10.2. The van der Waals surface area contributed by atoms with Crippen molar-refractivity contribution in [2.45, 2.75) is 38.5 Å². The third-order valence-corrected chi connectivity index (χ3v) is 5.91. The number of likely N-dealkylation sites (tertiary alicyclic amines) is 1. The Bertz CT molecular complexity index is 742. The fraction of sp³-hybridized carbons (Fsp3) is 0.500. The molecular weight excluding hydrogens is 356 g/mol. The molecule has 7 heteroatoms. The van der Waals surface area contributed by atoms with Crippen LogP contribution in [0.4, 0.5) is 5.13 Å². The van der Waals surface area contributed by atoms with E-state index in [-0.39, 0.29) is 0 Å². The number of thiazole rings is 1. The zero-order valence-electron chi connectivity index (χ0n) is 16.6. The van der Waals surface area contributed by atoms with Crippen LogP contribution in [0.3, 0.4) is 0 Å². The van der Waals surface area contributed by atoms with Gasteiger partial charge in [-0.3, -0.25) is 9.89 Å². The second kappa shape index (κ2) is 9.19. The molecule has 0 aliphatic carbocycles. The molecule has 1 aliphatic heterocycles. The van der Waals surface area contributed by atoms with Crippen molar-refractivity contribution in [2.75, 3.05) is 32.6 Å². The zero-order chi connectivity index (χ0) is 19.2. The molecule has 2 aromatic rings. The maximum Gasteiger partial charge on any atom is 0.191 e. The molecule has 27 heavy (non-hydrogen) atoms. The van der Waals surface area contributed by atoms with Gasteiger partial charge < -0.3 is 15.5 Å². The van der Waals surface area contributed by atoms with Crippen LogP contribution in [0.25, 0.3) is 0 Å². The number of hydrogen-bond acceptors (Lipinski definition) is 5. The highest BCUT2D eigenvalue weighted by Crippen LogP contribution is 2.20. The van der Waals surface area contributed by atoms with Crippen LogP contribution >= 0.6 is 11.3 Å². The Hall–Kier alpha value is -2.12. The van der Waals surface area contributed by atoms with Gasteiger partial charge in [-0.15, -0.1) is 11.3 Å². The minimum atomic E-state index is 0.405. The van der Waals surface area contributed by atoms with E-state index in [2.05, 4.69) is 68.1 Å². The van der Waals surface area contributed by atoms with Crippen molar-refractivity contribution in [3.8, 4) is 0 Å². The molecule has 0 saturated carbocycles. The number of rotatable bonds is 6. The minimum absolute atomic E-state index is 0.405. The number of hydrogen-bond donors (Lipinski definition) is 2. The van der Waals surface area contributed by atoms with Crippen LogP contribution in [-0.4, -0.2) is 55.6 Å². The van der Waals surface area contributed by atoms with Gasteiger partial charge in [-0.1, -0.05) is 30.3 Å². The predicted octanol–water partition coefficient (Wildman–Crippen LogP) is 2.54. The van der Waals surface area contributed by atoms with Gasteiger partial charge in [0.2, 0.25) is 0 Å². The first-order valence-electron chi connectivity index (χ1n) is 9.42. The Morgan fingerprint density at radius 2 is 2.11 bits per heavy atom. The SMILES string of the molecule is CN=C(NCc1csc(N(C)C)n1)NC1CC(C)N(Cc2ccccc2)C1. The van der Waals surface area contributed by atoms with Crippen molar-refractivity contribution in [3.63, 3.8) is 0 Å². The second-order valence-electron chi connectivity index (χ2n) is 7.28. The van der Waals surface area contributed by atoms with E-state index in [1.165, 1.54) is 5.56 Å². The van der Waals surface area contributed by atoms with E-state index in [9.17, 15) is 0 Å². The fourth-order valence-electron chi connectivity index (χ4n) is 3.39. The van der Waals surface area contributed by atoms with Crippen LogP contribution in [0.5, 0.6) is 0 Å². The normalized spacial score (nSPS) is 20.7. The van der Waals surface area contributed by atoms with Crippen LogP contribution in [0.15, 0.2) is 40.7 Å².